The lowest BCUT2D eigenvalue weighted by molar-refractivity contribution is -0.122. The number of carbonyl (C=O) groups excluding carboxylic acids is 1. The Hall–Kier alpha value is -4.20. The maximum Gasteiger partial charge on any atom is 0.291 e. The molecule has 242 valence electrons. The zero-order chi connectivity index (χ0) is 32.5. The molecule has 1 aromatic carbocycles. The highest BCUT2D eigenvalue weighted by Crippen LogP contribution is 2.15. The predicted octanol–water partition coefficient (Wildman–Crippen LogP) is 4.14. The summed E-state index contributed by atoms with van der Waals surface area (Å²) >= 11 is 0. The van der Waals surface area contributed by atoms with Gasteiger partial charge in [0.1, 0.15) is 18.8 Å². The molecule has 14 heteroatoms. The maximum absolute atomic E-state index is 13.1. The average Bonchev–Trinajstić information content (AvgIpc) is 3.00. The quantitative estimate of drug-likeness (QED) is 0.129. The molecule has 2 N–H and O–H groups in total. The molecule has 44 heavy (non-hydrogen) atoms. The first-order valence-corrected chi connectivity index (χ1v) is 16.0. The molecule has 0 unspecified atom stereocenters. The first-order valence-electron chi connectivity index (χ1n) is 14.5. The number of nitrogens with one attached hydrogen (secondary N) is 2. The number of unbranched alkanes of at least 4 members (excludes halogenated alkanes) is 2. The van der Waals surface area contributed by atoms with Gasteiger partial charge in [-0.05, 0) is 61.7 Å². The molecule has 0 atom stereocenters. The predicted molar refractivity (Wildman–Crippen MR) is 172 cm³/mol. The number of guanidine groups is 1. The summed E-state index contributed by atoms with van der Waals surface area (Å²) in [5.41, 5.74) is 0.432. The highest BCUT2D eigenvalue weighted by atomic mass is 32.2. The Bertz CT molecular complexity index is 1470. The van der Waals surface area contributed by atoms with E-state index < -0.39 is 21.5 Å². The van der Waals surface area contributed by atoms with Gasteiger partial charge in [-0.15, -0.1) is 0 Å². The monoisotopic (exact) mass is 632 g/mol. The molecule has 0 spiro atoms. The van der Waals surface area contributed by atoms with Gasteiger partial charge in [0.15, 0.2) is 11.8 Å². The minimum atomic E-state index is -4.00. The van der Waals surface area contributed by atoms with Crippen LogP contribution in [0.25, 0.3) is 0 Å². The van der Waals surface area contributed by atoms with Crippen LogP contribution >= 0.6 is 0 Å². The van der Waals surface area contributed by atoms with Crippen molar-refractivity contribution in [1.82, 2.24) is 9.88 Å². The zero-order valence-corrected chi connectivity index (χ0v) is 27.2. The highest BCUT2D eigenvalue weighted by Gasteiger charge is 2.18. The molecule has 0 fully saturated rings. The average molecular weight is 633 g/mol. The Kier molecular flexibility index (Phi) is 15.1. The normalized spacial score (nSPS) is 12.0. The van der Waals surface area contributed by atoms with E-state index in [-0.39, 0.29) is 36.2 Å². The number of hydrogen-bond acceptors (Lipinski definition) is 8. The summed E-state index contributed by atoms with van der Waals surface area (Å²) in [7, 11) is -0.939. The largest absolute Gasteiger partial charge is 0.484 e. The van der Waals surface area contributed by atoms with E-state index in [4.69, 9.17) is 14.3 Å². The maximum atomic E-state index is 13.1. The molecule has 0 aliphatic carbocycles. The van der Waals surface area contributed by atoms with Gasteiger partial charge >= 0.3 is 0 Å². The second-order valence-corrected chi connectivity index (χ2v) is 11.6. The van der Waals surface area contributed by atoms with Gasteiger partial charge in [-0.1, -0.05) is 38.8 Å². The van der Waals surface area contributed by atoms with Crippen LogP contribution < -0.4 is 15.6 Å². The van der Waals surface area contributed by atoms with Gasteiger partial charge in [-0.2, -0.15) is 9.98 Å². The Morgan fingerprint density at radius 1 is 0.955 bits per heavy atom. The Morgan fingerprint density at radius 2 is 1.59 bits per heavy atom. The van der Waals surface area contributed by atoms with Crippen molar-refractivity contribution in [2.75, 3.05) is 32.1 Å². The third-order valence-corrected chi connectivity index (χ3v) is 7.67. The number of methoxy groups -OCH3 is 2. The van der Waals surface area contributed by atoms with Crippen molar-refractivity contribution in [2.45, 2.75) is 77.7 Å². The number of amides is 1. The van der Waals surface area contributed by atoms with E-state index in [1.165, 1.54) is 37.0 Å². The minimum Gasteiger partial charge on any atom is -0.484 e. The van der Waals surface area contributed by atoms with Crippen LogP contribution in [0, 0.1) is 13.8 Å². The number of benzene rings is 1. The number of hydrogen-bond donors (Lipinski definition) is 2. The molecule has 2 rings (SSSR count). The molecule has 1 heterocycles. The fourth-order valence-electron chi connectivity index (χ4n) is 3.82. The molecule has 0 saturated carbocycles. The van der Waals surface area contributed by atoms with E-state index in [1.807, 2.05) is 0 Å². The van der Waals surface area contributed by atoms with Crippen molar-refractivity contribution in [3.63, 3.8) is 0 Å². The molecular weight excluding hydrogens is 588 g/mol. The van der Waals surface area contributed by atoms with Crippen LogP contribution in [-0.2, 0) is 35.7 Å². The van der Waals surface area contributed by atoms with Gasteiger partial charge in [0.2, 0.25) is 5.91 Å². The zero-order valence-electron chi connectivity index (χ0n) is 26.4. The molecule has 1 amide bonds. The number of nitrogens with zero attached hydrogens (tertiary/aromatic N) is 4. The van der Waals surface area contributed by atoms with Gasteiger partial charge in [0, 0.05) is 18.5 Å². The first kappa shape index (κ1) is 36.0. The van der Waals surface area contributed by atoms with Crippen LogP contribution in [0.5, 0.6) is 0 Å². The van der Waals surface area contributed by atoms with Crippen molar-refractivity contribution >= 4 is 39.4 Å². The van der Waals surface area contributed by atoms with E-state index in [1.54, 1.807) is 32.0 Å². The van der Waals surface area contributed by atoms with Crippen molar-refractivity contribution in [3.8, 4) is 0 Å². The van der Waals surface area contributed by atoms with Gasteiger partial charge in [0.05, 0.1) is 25.7 Å². The Morgan fingerprint density at radius 3 is 2.16 bits per heavy atom. The summed E-state index contributed by atoms with van der Waals surface area (Å²) in [6, 6.07) is 9.27. The number of ether oxygens (including phenoxy) is 2. The van der Waals surface area contributed by atoms with Gasteiger partial charge < -0.3 is 24.2 Å². The van der Waals surface area contributed by atoms with Gasteiger partial charge in [-0.3, -0.25) is 14.3 Å². The fourth-order valence-corrected chi connectivity index (χ4v) is 4.98. The molecule has 0 aliphatic heterocycles. The fraction of sp³-hybridized carbons (Fsp3) is 0.500. The third-order valence-electron chi connectivity index (χ3n) is 6.31. The standard InChI is InChI=1S/C30H44N6O7S/c1-7-9-14-27(41-5)32-30(33-28(42-6)15-10-8-2)34-43-19-18-31-26(37)21-36-23(4)16-17-25(29(36)38)35-44(39,40)24-13-11-12-22(3)20-24/h11-13,16-17,20,35H,7-10,14-15,18-19,21H2,1-6H3,(H,31,37)/b32-27+,33-28+. The summed E-state index contributed by atoms with van der Waals surface area (Å²) in [5, 5.41) is 6.68. The van der Waals surface area contributed by atoms with Crippen LogP contribution in [0.2, 0.25) is 0 Å². The van der Waals surface area contributed by atoms with E-state index in [9.17, 15) is 18.0 Å². The van der Waals surface area contributed by atoms with Crippen LogP contribution in [0.4, 0.5) is 5.69 Å². The molecule has 0 saturated heterocycles. The van der Waals surface area contributed by atoms with Gasteiger partial charge in [0.25, 0.3) is 21.5 Å². The summed E-state index contributed by atoms with van der Waals surface area (Å²) in [4.78, 5) is 39.9. The topological polar surface area (TPSA) is 162 Å². The van der Waals surface area contributed by atoms with Crippen LogP contribution in [0.1, 0.15) is 63.6 Å². The lowest BCUT2D eigenvalue weighted by Gasteiger charge is -2.13. The number of aliphatic imine (C=N–C) groups is 2. The summed E-state index contributed by atoms with van der Waals surface area (Å²) in [6.45, 7) is 7.30. The number of anilines is 1. The lowest BCUT2D eigenvalue weighted by Crippen LogP contribution is -2.35. The number of carbonyl (C=O) groups is 1. The van der Waals surface area contributed by atoms with Crippen LogP contribution in [0.3, 0.4) is 0 Å². The summed E-state index contributed by atoms with van der Waals surface area (Å²) in [5.74, 6) is 0.479. The number of sulfonamides is 1. The van der Waals surface area contributed by atoms with Gasteiger partial charge in [-0.25, -0.2) is 8.42 Å². The molecule has 0 bridgehead atoms. The smallest absolute Gasteiger partial charge is 0.291 e. The lowest BCUT2D eigenvalue weighted by atomic mass is 10.2. The molecule has 13 nitrogen and oxygen atoms in total. The number of aromatic nitrogens is 1. The molecule has 2 aromatic rings. The molecule has 0 radical (unpaired) electrons. The van der Waals surface area contributed by atoms with Crippen LogP contribution in [-0.4, -0.2) is 64.0 Å². The number of pyridine rings is 1. The number of rotatable bonds is 15. The van der Waals surface area contributed by atoms with Crippen molar-refractivity contribution in [1.29, 1.82) is 0 Å². The Labute approximate surface area is 259 Å². The number of oxime groups is 1. The van der Waals surface area contributed by atoms with E-state index in [0.717, 1.165) is 31.2 Å². The van der Waals surface area contributed by atoms with E-state index >= 15 is 0 Å². The molecule has 0 aliphatic rings. The second kappa shape index (κ2) is 18.5. The van der Waals surface area contributed by atoms with Crippen molar-refractivity contribution < 1.29 is 27.5 Å². The second-order valence-electron chi connectivity index (χ2n) is 9.90. The van der Waals surface area contributed by atoms with Crippen molar-refractivity contribution in [3.05, 3.63) is 58.0 Å². The minimum absolute atomic E-state index is 0.000949. The summed E-state index contributed by atoms with van der Waals surface area (Å²) < 4.78 is 39.9. The van der Waals surface area contributed by atoms with E-state index in [0.29, 0.717) is 30.3 Å². The van der Waals surface area contributed by atoms with Crippen LogP contribution in [0.15, 0.2) is 61.2 Å². The SMILES string of the molecule is CCCC/C(=N\C(=NOCCNC(=O)Cn1c(C)ccc(NS(=O)(=O)c2cccc(C)c2)c1=O)/N=C(\CCCC)OC)OC. The number of aryl methyl sites for hydroxylation is 2. The first-order chi connectivity index (χ1) is 21.0. The summed E-state index contributed by atoms with van der Waals surface area (Å²) in [6.07, 6.45) is 4.92. The Balaban J connectivity index is 2.07. The third kappa shape index (κ3) is 11.8. The van der Waals surface area contributed by atoms with Crippen molar-refractivity contribution in [2.24, 2.45) is 15.1 Å². The molecule has 1 aromatic heterocycles. The van der Waals surface area contributed by atoms with E-state index in [2.05, 4.69) is 39.0 Å². The highest BCUT2D eigenvalue weighted by molar-refractivity contribution is 7.92. The molecular formula is C30H44N6O7S.